The third kappa shape index (κ3) is 69.9. The van der Waals surface area contributed by atoms with Gasteiger partial charge in [-0.25, -0.2) is 0 Å². The molecule has 0 radical (unpaired) electrons. The van der Waals surface area contributed by atoms with Crippen LogP contribution in [0.4, 0.5) is 0 Å². The highest BCUT2D eigenvalue weighted by Crippen LogP contribution is 2.38. The van der Waals surface area contributed by atoms with E-state index in [0.29, 0.717) is 23.9 Å². The van der Waals surface area contributed by atoms with Crippen LogP contribution < -0.4 is 4.89 Å². The summed E-state index contributed by atoms with van der Waals surface area (Å²) in [7, 11) is 1.12. The highest BCUT2D eigenvalue weighted by Gasteiger charge is 2.22. The lowest BCUT2D eigenvalue weighted by molar-refractivity contribution is -0.870. The number of nitrogens with zero attached hydrogens (tertiary/aromatic N) is 1. The predicted octanol–water partition coefficient (Wildman–Crippen LogP) is 21.9. The van der Waals surface area contributed by atoms with E-state index in [9.17, 15) is 19.0 Å². The smallest absolute Gasteiger partial charge is 0.306 e. The fourth-order valence-electron chi connectivity index (χ4n) is 8.45. The van der Waals surface area contributed by atoms with Gasteiger partial charge in [-0.05, 0) is 141 Å². The molecule has 2 atom stereocenters. The Bertz CT molecular complexity index is 2190. The van der Waals surface area contributed by atoms with Crippen LogP contribution in [0.25, 0.3) is 0 Å². The molecule has 0 heterocycles. The van der Waals surface area contributed by atoms with Crippen molar-refractivity contribution >= 4 is 19.8 Å². The van der Waals surface area contributed by atoms with Crippen LogP contribution in [0.1, 0.15) is 232 Å². The zero-order valence-corrected chi connectivity index (χ0v) is 57.0. The van der Waals surface area contributed by atoms with Gasteiger partial charge in [-0.1, -0.05) is 272 Å². The average Bonchev–Trinajstić information content (AvgIpc) is 3.68. The Kier molecular flexibility index (Phi) is 62.4. The number of quaternary nitrogens is 1. The van der Waals surface area contributed by atoms with Crippen LogP contribution in [0.5, 0.6) is 0 Å². The molecule has 9 nitrogen and oxygen atoms in total. The molecule has 494 valence electrons. The Balaban J connectivity index is 4.21. The van der Waals surface area contributed by atoms with Gasteiger partial charge in [0.25, 0.3) is 7.82 Å². The molecular formula is C78H124NO8P. The molecule has 88 heavy (non-hydrogen) atoms. The maximum atomic E-state index is 12.9. The molecular weight excluding hydrogens is 1110 g/mol. The fraction of sp³-hybridized carbons (Fsp3) is 0.564. The molecule has 0 N–H and O–H groups in total. The highest BCUT2D eigenvalue weighted by molar-refractivity contribution is 7.45. The summed E-state index contributed by atoms with van der Waals surface area (Å²) in [6.07, 6.45) is 103. The summed E-state index contributed by atoms with van der Waals surface area (Å²) in [4.78, 5) is 38.1. The van der Waals surface area contributed by atoms with Gasteiger partial charge in [0.1, 0.15) is 19.8 Å². The number of likely N-dealkylation sites (N-methyl/N-ethyl adjacent to an activating group) is 1. The van der Waals surface area contributed by atoms with Gasteiger partial charge in [-0.2, -0.15) is 0 Å². The van der Waals surface area contributed by atoms with Crippen LogP contribution in [0.2, 0.25) is 0 Å². The fourth-order valence-corrected chi connectivity index (χ4v) is 9.18. The Hall–Kier alpha value is -5.15. The number of esters is 2. The van der Waals surface area contributed by atoms with E-state index in [-0.39, 0.29) is 26.1 Å². The number of rotatable bonds is 60. The molecule has 0 bridgehead atoms. The lowest BCUT2D eigenvalue weighted by Gasteiger charge is -2.28. The Labute approximate surface area is 539 Å². The van der Waals surface area contributed by atoms with Crippen LogP contribution in [-0.4, -0.2) is 70.0 Å². The van der Waals surface area contributed by atoms with E-state index < -0.39 is 32.5 Å². The summed E-state index contributed by atoms with van der Waals surface area (Å²) >= 11 is 0. The molecule has 0 fully saturated rings. The maximum absolute atomic E-state index is 12.9. The topological polar surface area (TPSA) is 111 Å². The first kappa shape index (κ1) is 82.8. The second-order valence-corrected chi connectivity index (χ2v) is 24.5. The number of phosphoric ester groups is 1. The summed E-state index contributed by atoms with van der Waals surface area (Å²) in [5.74, 6) is -0.875. The van der Waals surface area contributed by atoms with Crippen LogP contribution >= 0.6 is 7.82 Å². The van der Waals surface area contributed by atoms with Crippen LogP contribution in [0, 0.1) is 0 Å². The van der Waals surface area contributed by atoms with Crippen molar-refractivity contribution in [2.45, 2.75) is 238 Å². The first-order valence-corrected chi connectivity index (χ1v) is 35.6. The Morgan fingerprint density at radius 1 is 0.352 bits per heavy atom. The van der Waals surface area contributed by atoms with Crippen molar-refractivity contribution in [3.05, 3.63) is 194 Å². The summed E-state index contributed by atoms with van der Waals surface area (Å²) in [5.41, 5.74) is 0. The van der Waals surface area contributed by atoms with Crippen LogP contribution in [0.3, 0.4) is 0 Å². The van der Waals surface area contributed by atoms with Crippen molar-refractivity contribution in [2.75, 3.05) is 47.5 Å². The van der Waals surface area contributed by atoms with E-state index >= 15 is 0 Å². The number of hydrogen-bond donors (Lipinski definition) is 0. The minimum Gasteiger partial charge on any atom is -0.756 e. The minimum atomic E-state index is -4.66. The van der Waals surface area contributed by atoms with Crippen molar-refractivity contribution in [2.24, 2.45) is 0 Å². The average molecular weight is 1230 g/mol. The highest BCUT2D eigenvalue weighted by atomic mass is 31.2. The third-order valence-corrected chi connectivity index (χ3v) is 14.6. The minimum absolute atomic E-state index is 0.0467. The first-order valence-electron chi connectivity index (χ1n) is 34.1. The Morgan fingerprint density at radius 2 is 0.614 bits per heavy atom. The van der Waals surface area contributed by atoms with Crippen molar-refractivity contribution in [3.8, 4) is 0 Å². The molecule has 0 aromatic rings. The van der Waals surface area contributed by atoms with Crippen molar-refractivity contribution in [3.63, 3.8) is 0 Å². The number of phosphoric acid groups is 1. The van der Waals surface area contributed by atoms with Crippen LogP contribution in [0.15, 0.2) is 194 Å². The molecule has 0 aromatic heterocycles. The van der Waals surface area contributed by atoms with Gasteiger partial charge in [0.2, 0.25) is 0 Å². The van der Waals surface area contributed by atoms with E-state index in [0.717, 1.165) is 167 Å². The van der Waals surface area contributed by atoms with Gasteiger partial charge in [0.15, 0.2) is 6.10 Å². The van der Waals surface area contributed by atoms with Gasteiger partial charge < -0.3 is 27.9 Å². The molecule has 0 aliphatic carbocycles. The number of hydrogen-bond acceptors (Lipinski definition) is 8. The van der Waals surface area contributed by atoms with E-state index in [1.165, 1.54) is 25.7 Å². The van der Waals surface area contributed by atoms with E-state index in [1.54, 1.807) is 0 Å². The largest absolute Gasteiger partial charge is 0.756 e. The van der Waals surface area contributed by atoms with Gasteiger partial charge in [0, 0.05) is 12.8 Å². The van der Waals surface area contributed by atoms with Crippen molar-refractivity contribution < 1.29 is 42.1 Å². The monoisotopic (exact) mass is 1230 g/mol. The molecule has 0 aliphatic rings. The predicted molar refractivity (Wildman–Crippen MR) is 378 cm³/mol. The summed E-state index contributed by atoms with van der Waals surface area (Å²) in [5, 5.41) is 0. The summed E-state index contributed by atoms with van der Waals surface area (Å²) in [6.45, 7) is 3.96. The van der Waals surface area contributed by atoms with E-state index in [2.05, 4.69) is 208 Å². The zero-order chi connectivity index (χ0) is 64.1. The first-order chi connectivity index (χ1) is 43.0. The molecule has 0 amide bonds. The Morgan fingerprint density at radius 3 is 0.909 bits per heavy atom. The second kappa shape index (κ2) is 66.3. The van der Waals surface area contributed by atoms with Gasteiger partial charge in [-0.3, -0.25) is 14.2 Å². The molecule has 0 spiro atoms. The molecule has 2 unspecified atom stereocenters. The normalized spacial score (nSPS) is 14.4. The third-order valence-electron chi connectivity index (χ3n) is 13.6. The van der Waals surface area contributed by atoms with E-state index in [4.69, 9.17) is 18.5 Å². The van der Waals surface area contributed by atoms with Crippen LogP contribution in [-0.2, 0) is 32.7 Å². The van der Waals surface area contributed by atoms with E-state index in [1.807, 2.05) is 21.1 Å². The number of ether oxygens (including phenoxy) is 2. The number of carbonyl (C=O) groups excluding carboxylic acids is 2. The summed E-state index contributed by atoms with van der Waals surface area (Å²) in [6, 6.07) is 0. The van der Waals surface area contributed by atoms with Gasteiger partial charge in [0.05, 0.1) is 27.7 Å². The zero-order valence-electron chi connectivity index (χ0n) is 56.1. The summed E-state index contributed by atoms with van der Waals surface area (Å²) < 4.78 is 34.2. The quantitative estimate of drug-likeness (QED) is 0.0195. The number of unbranched alkanes of at least 4 members (excludes halogenated alkanes) is 14. The molecule has 0 saturated carbocycles. The van der Waals surface area contributed by atoms with Crippen molar-refractivity contribution in [1.29, 1.82) is 0 Å². The van der Waals surface area contributed by atoms with Gasteiger partial charge in [-0.15, -0.1) is 0 Å². The lowest BCUT2D eigenvalue weighted by Crippen LogP contribution is -2.37. The maximum Gasteiger partial charge on any atom is 0.306 e. The molecule has 0 rings (SSSR count). The lowest BCUT2D eigenvalue weighted by atomic mass is 10.1. The molecule has 0 saturated heterocycles. The number of allylic oxidation sites excluding steroid dienone is 32. The second-order valence-electron chi connectivity index (χ2n) is 23.1. The molecule has 0 aliphatic heterocycles. The molecule has 0 aromatic carbocycles. The SMILES string of the molecule is CC/C=C\C/C=C\C/C=C\C/C=C\C/C=C\C/C=C\C/C=C\C/C=C\C/C=C\C/C=C\CCCCCCCCC(=O)OC(COC(=O)CCCCCCCCCC/C=C\C/C=C\C/C=C\C/C=C\C/C=C\C/C=C\CC)COP(=O)([O-])OCC[N+](C)(C)C. The number of carbonyl (C=O) groups is 2. The van der Waals surface area contributed by atoms with Crippen molar-refractivity contribution in [1.82, 2.24) is 0 Å². The van der Waals surface area contributed by atoms with Gasteiger partial charge >= 0.3 is 11.9 Å². The standard InChI is InChI=1S/C78H124NO8P/c1-6-8-10-12-14-16-18-20-22-24-26-28-30-32-34-35-36-37-38-39-40-41-42-43-45-47-49-51-53-55-57-59-61-63-65-67-69-71-78(81)87-76(75-86-88(82,83)85-73-72-79(3,4)5)74-84-77(80)70-68-66-64-62-60-58-56-54-52-50-48-46-44-33-31-29-27-25-23-21-19-17-15-13-11-9-7-2/h8-11,14-17,20-23,26-29,32-34,36-37,39-40,42-44,47-50,53,55,76H,6-7,12-13,18-19,24-25,30-31,35,38,41,45-46,51-52,54,56-75H2,1-5H3/b10-8-,11-9-,16-14-,17-15-,22-20-,23-21-,28-26-,29-27-,34-32-,37-36-,40-39-,43-42-,44-33-,49-47-,50-48-,55-53-. The molecule has 10 heteroatoms.